The third-order valence-corrected chi connectivity index (χ3v) is 1.67. The zero-order chi connectivity index (χ0) is 8.97. The topological polar surface area (TPSA) is 79.4 Å². The Kier molecular flexibility index (Phi) is 3.01. The van der Waals surface area contributed by atoms with Crippen LogP contribution in [0.2, 0.25) is 0 Å². The minimum atomic E-state index is -0.321. The largest absolute Gasteiger partial charge is 0.506 e. The Hall–Kier alpha value is -1.13. The van der Waals surface area contributed by atoms with Gasteiger partial charge in [0.15, 0.2) is 0 Å². The van der Waals surface area contributed by atoms with Crippen molar-refractivity contribution in [3.05, 3.63) is 24.0 Å². The van der Waals surface area contributed by atoms with Crippen LogP contribution in [-0.2, 0) is 0 Å². The fraction of sp³-hybridized carbons (Fsp3) is 0.375. The van der Waals surface area contributed by atoms with Gasteiger partial charge < -0.3 is 15.9 Å². The van der Waals surface area contributed by atoms with Crippen LogP contribution in [0.15, 0.2) is 18.5 Å². The summed E-state index contributed by atoms with van der Waals surface area (Å²) in [5.41, 5.74) is 6.28. The number of hydrogen-bond donors (Lipinski definition) is 3. The molecule has 12 heavy (non-hydrogen) atoms. The molecule has 0 spiro atoms. The van der Waals surface area contributed by atoms with Crippen LogP contribution in [0.5, 0.6) is 5.75 Å². The van der Waals surface area contributed by atoms with Gasteiger partial charge in [-0.3, -0.25) is 4.98 Å². The van der Waals surface area contributed by atoms with Gasteiger partial charge in [-0.2, -0.15) is 0 Å². The molecule has 0 saturated heterocycles. The molecule has 4 nitrogen and oxygen atoms in total. The second-order valence-electron chi connectivity index (χ2n) is 2.55. The summed E-state index contributed by atoms with van der Waals surface area (Å²) in [6, 6.07) is 1.33. The Balaban J connectivity index is 2.79. The molecule has 1 aromatic heterocycles. The van der Waals surface area contributed by atoms with Gasteiger partial charge >= 0.3 is 0 Å². The van der Waals surface area contributed by atoms with E-state index in [1.165, 1.54) is 6.20 Å². The third-order valence-electron chi connectivity index (χ3n) is 1.67. The maximum absolute atomic E-state index is 9.28. The molecule has 1 heterocycles. The number of nitrogens with zero attached hydrogens (tertiary/aromatic N) is 1. The van der Waals surface area contributed by atoms with Crippen molar-refractivity contribution in [2.75, 3.05) is 6.61 Å². The van der Waals surface area contributed by atoms with Crippen LogP contribution >= 0.6 is 0 Å². The van der Waals surface area contributed by atoms with Crippen molar-refractivity contribution in [3.8, 4) is 5.75 Å². The summed E-state index contributed by atoms with van der Waals surface area (Å²) in [5.74, 6) is 0.0819. The van der Waals surface area contributed by atoms with Crippen LogP contribution in [0.1, 0.15) is 18.0 Å². The number of aromatic hydroxyl groups is 1. The Labute approximate surface area is 70.7 Å². The van der Waals surface area contributed by atoms with Crippen molar-refractivity contribution in [3.63, 3.8) is 0 Å². The van der Waals surface area contributed by atoms with E-state index in [-0.39, 0.29) is 18.4 Å². The minimum absolute atomic E-state index is 0.0168. The summed E-state index contributed by atoms with van der Waals surface area (Å²) in [5, 5.41) is 17.9. The highest BCUT2D eigenvalue weighted by molar-refractivity contribution is 5.30. The summed E-state index contributed by atoms with van der Waals surface area (Å²) in [4.78, 5) is 3.72. The highest BCUT2D eigenvalue weighted by Crippen LogP contribution is 2.22. The van der Waals surface area contributed by atoms with Gasteiger partial charge in [-0.1, -0.05) is 0 Å². The van der Waals surface area contributed by atoms with Gasteiger partial charge in [0.2, 0.25) is 0 Å². The first-order valence-electron chi connectivity index (χ1n) is 3.75. The highest BCUT2D eigenvalue weighted by atomic mass is 16.3. The standard InChI is InChI=1S/C8H12N2O2/c9-7(2-4-11)6-1-3-10-5-8(6)12/h1,3,5,7,11-12H,2,4,9H2/t7-/m0/s1. The monoisotopic (exact) mass is 168 g/mol. The molecule has 66 valence electrons. The number of aromatic nitrogens is 1. The Morgan fingerprint density at radius 3 is 2.92 bits per heavy atom. The summed E-state index contributed by atoms with van der Waals surface area (Å²) >= 11 is 0. The molecule has 0 unspecified atom stereocenters. The first-order chi connectivity index (χ1) is 5.75. The zero-order valence-electron chi connectivity index (χ0n) is 6.64. The lowest BCUT2D eigenvalue weighted by Crippen LogP contribution is -2.12. The molecule has 0 amide bonds. The van der Waals surface area contributed by atoms with E-state index in [1.54, 1.807) is 12.3 Å². The maximum atomic E-state index is 9.28. The number of rotatable bonds is 3. The lowest BCUT2D eigenvalue weighted by atomic mass is 10.1. The van der Waals surface area contributed by atoms with E-state index in [2.05, 4.69) is 4.98 Å². The number of hydrogen-bond acceptors (Lipinski definition) is 4. The number of aliphatic hydroxyl groups is 1. The predicted octanol–water partition coefficient (Wildman–Crippen LogP) is 0.169. The van der Waals surface area contributed by atoms with Gasteiger partial charge in [-0.15, -0.1) is 0 Å². The van der Waals surface area contributed by atoms with Crippen molar-refractivity contribution in [2.45, 2.75) is 12.5 Å². The average Bonchev–Trinajstić information content (AvgIpc) is 2.05. The molecule has 0 aliphatic heterocycles. The van der Waals surface area contributed by atoms with E-state index in [0.717, 1.165) is 0 Å². The summed E-state index contributed by atoms with van der Waals surface area (Å²) in [7, 11) is 0. The van der Waals surface area contributed by atoms with Gasteiger partial charge in [0.05, 0.1) is 6.20 Å². The molecule has 0 saturated carbocycles. The molecule has 0 fully saturated rings. The lowest BCUT2D eigenvalue weighted by Gasteiger charge is -2.10. The lowest BCUT2D eigenvalue weighted by molar-refractivity contribution is 0.275. The first kappa shape index (κ1) is 8.96. The minimum Gasteiger partial charge on any atom is -0.506 e. The molecular weight excluding hydrogens is 156 g/mol. The zero-order valence-corrected chi connectivity index (χ0v) is 6.64. The van der Waals surface area contributed by atoms with E-state index < -0.39 is 0 Å². The maximum Gasteiger partial charge on any atom is 0.138 e. The van der Waals surface area contributed by atoms with Gasteiger partial charge in [-0.25, -0.2) is 0 Å². The average molecular weight is 168 g/mol. The van der Waals surface area contributed by atoms with Crippen molar-refractivity contribution in [2.24, 2.45) is 5.73 Å². The van der Waals surface area contributed by atoms with E-state index in [1.807, 2.05) is 0 Å². The van der Waals surface area contributed by atoms with Crippen LogP contribution in [-0.4, -0.2) is 21.8 Å². The van der Waals surface area contributed by atoms with Crippen molar-refractivity contribution in [1.82, 2.24) is 4.98 Å². The normalized spacial score (nSPS) is 12.8. The van der Waals surface area contributed by atoms with Crippen molar-refractivity contribution >= 4 is 0 Å². The second-order valence-corrected chi connectivity index (χ2v) is 2.55. The molecule has 1 aromatic rings. The molecule has 0 aromatic carbocycles. The fourth-order valence-corrected chi connectivity index (χ4v) is 1.01. The molecule has 1 atom stereocenters. The molecular formula is C8H12N2O2. The van der Waals surface area contributed by atoms with Crippen LogP contribution < -0.4 is 5.73 Å². The second kappa shape index (κ2) is 4.04. The van der Waals surface area contributed by atoms with Gasteiger partial charge in [0, 0.05) is 24.4 Å². The van der Waals surface area contributed by atoms with Crippen molar-refractivity contribution < 1.29 is 10.2 Å². The molecule has 1 rings (SSSR count). The number of aliphatic hydroxyl groups excluding tert-OH is 1. The van der Waals surface area contributed by atoms with Crippen LogP contribution in [0.3, 0.4) is 0 Å². The van der Waals surface area contributed by atoms with Crippen LogP contribution in [0, 0.1) is 0 Å². The quantitative estimate of drug-likeness (QED) is 0.601. The van der Waals surface area contributed by atoms with E-state index in [4.69, 9.17) is 10.8 Å². The summed E-state index contributed by atoms with van der Waals surface area (Å²) < 4.78 is 0. The molecule has 4 heteroatoms. The summed E-state index contributed by atoms with van der Waals surface area (Å²) in [6.07, 6.45) is 3.34. The van der Waals surface area contributed by atoms with E-state index in [9.17, 15) is 5.11 Å². The van der Waals surface area contributed by atoms with Gasteiger partial charge in [0.25, 0.3) is 0 Å². The Morgan fingerprint density at radius 1 is 1.58 bits per heavy atom. The van der Waals surface area contributed by atoms with Crippen LogP contribution in [0.4, 0.5) is 0 Å². The highest BCUT2D eigenvalue weighted by Gasteiger charge is 2.08. The molecule has 0 radical (unpaired) electrons. The fourth-order valence-electron chi connectivity index (χ4n) is 1.01. The van der Waals surface area contributed by atoms with Crippen molar-refractivity contribution in [1.29, 1.82) is 0 Å². The summed E-state index contributed by atoms with van der Waals surface area (Å²) in [6.45, 7) is 0.0168. The molecule has 4 N–H and O–H groups in total. The molecule has 0 aliphatic carbocycles. The number of nitrogens with two attached hydrogens (primary N) is 1. The molecule has 0 aliphatic rings. The Bertz CT molecular complexity index is 253. The Morgan fingerprint density at radius 2 is 2.33 bits per heavy atom. The van der Waals surface area contributed by atoms with Crippen LogP contribution in [0.25, 0.3) is 0 Å². The van der Waals surface area contributed by atoms with E-state index in [0.29, 0.717) is 12.0 Å². The smallest absolute Gasteiger partial charge is 0.138 e. The van der Waals surface area contributed by atoms with Gasteiger partial charge in [0.1, 0.15) is 5.75 Å². The SMILES string of the molecule is N[C@@H](CCO)c1ccncc1O. The number of pyridine rings is 1. The van der Waals surface area contributed by atoms with Gasteiger partial charge in [-0.05, 0) is 12.5 Å². The third kappa shape index (κ3) is 1.93. The first-order valence-corrected chi connectivity index (χ1v) is 3.75. The molecule has 0 bridgehead atoms. The predicted molar refractivity (Wildman–Crippen MR) is 44.5 cm³/mol. The van der Waals surface area contributed by atoms with E-state index >= 15 is 0 Å².